The third kappa shape index (κ3) is 6.16. The second-order valence-corrected chi connectivity index (χ2v) is 11.8. The van der Waals surface area contributed by atoms with Crippen LogP contribution in [0.1, 0.15) is 38.0 Å². The number of para-hydroxylation sites is 1. The van der Waals surface area contributed by atoms with Gasteiger partial charge in [0.25, 0.3) is 5.69 Å². The monoisotopic (exact) mass is 422 g/mol. The number of nitrogens with one attached hydrogen (secondary N) is 1. The van der Waals surface area contributed by atoms with Gasteiger partial charge < -0.3 is 9.74 Å². The number of halogens is 2. The van der Waals surface area contributed by atoms with Crippen molar-refractivity contribution in [3.8, 4) is 0 Å². The van der Waals surface area contributed by atoms with Crippen LogP contribution in [-0.4, -0.2) is 19.8 Å². The lowest BCUT2D eigenvalue weighted by Gasteiger charge is -2.33. The third-order valence-corrected chi connectivity index (χ3v) is 10.0. The van der Waals surface area contributed by atoms with Gasteiger partial charge in [-0.05, 0) is 41.9 Å². The molecule has 0 fully saturated rings. The number of benzene rings is 2. The minimum absolute atomic E-state index is 0.0160. The molecule has 0 aliphatic rings. The Kier molecular flexibility index (Phi) is 8.42. The van der Waals surface area contributed by atoms with Gasteiger partial charge in [0.2, 0.25) is 0 Å². The Hall–Kier alpha value is -2.16. The fourth-order valence-corrected chi connectivity index (χ4v) is 6.32. The van der Waals surface area contributed by atoms with Gasteiger partial charge in [0.05, 0.1) is 16.6 Å². The summed E-state index contributed by atoms with van der Waals surface area (Å²) in [6.07, 6.45) is -0.512. The van der Waals surface area contributed by atoms with Crippen LogP contribution in [-0.2, 0) is 11.0 Å². The predicted octanol–water partition coefficient (Wildman–Crippen LogP) is 5.73. The topological polar surface area (TPSA) is 64.4 Å². The second kappa shape index (κ2) is 10.6. The van der Waals surface area contributed by atoms with Gasteiger partial charge in [-0.3, -0.25) is 10.1 Å². The zero-order valence-corrected chi connectivity index (χ0v) is 18.1. The summed E-state index contributed by atoms with van der Waals surface area (Å²) in [5, 5.41) is 14.7. The maximum Gasteiger partial charge on any atom is 0.275 e. The molecule has 0 bridgehead atoms. The van der Waals surface area contributed by atoms with E-state index in [2.05, 4.69) is 26.1 Å². The molecule has 2 aromatic rings. The van der Waals surface area contributed by atoms with E-state index in [-0.39, 0.29) is 12.2 Å². The fraction of sp³-hybridized carbons (Fsp3) is 0.429. The molecule has 2 aromatic carbocycles. The van der Waals surface area contributed by atoms with Crippen LogP contribution in [0.25, 0.3) is 0 Å². The molecule has 158 valence electrons. The first-order valence-corrected chi connectivity index (χ1v) is 12.4. The Labute approximate surface area is 171 Å². The van der Waals surface area contributed by atoms with E-state index >= 15 is 0 Å². The molecule has 0 radical (unpaired) electrons. The Morgan fingerprint density at radius 3 is 2.21 bits per heavy atom. The van der Waals surface area contributed by atoms with Crippen LogP contribution in [0, 0.1) is 21.7 Å². The predicted molar refractivity (Wildman–Crippen MR) is 112 cm³/mol. The van der Waals surface area contributed by atoms with E-state index < -0.39 is 31.0 Å². The van der Waals surface area contributed by atoms with Crippen LogP contribution >= 0.6 is 0 Å². The van der Waals surface area contributed by atoms with E-state index in [1.54, 1.807) is 18.2 Å². The Bertz CT molecular complexity index is 803. The van der Waals surface area contributed by atoms with Crippen molar-refractivity contribution in [3.63, 3.8) is 0 Å². The average Bonchev–Trinajstić information content (AvgIpc) is 2.70. The Balaban J connectivity index is 2.26. The normalized spacial score (nSPS) is 12.7. The van der Waals surface area contributed by atoms with Crippen LogP contribution < -0.4 is 5.32 Å². The lowest BCUT2D eigenvalue weighted by Crippen LogP contribution is -2.40. The number of rotatable bonds is 11. The molecule has 0 amide bonds. The molecule has 2 rings (SSSR count). The highest BCUT2D eigenvalue weighted by Crippen LogP contribution is 2.33. The average molecular weight is 423 g/mol. The van der Waals surface area contributed by atoms with Crippen LogP contribution in [0.15, 0.2) is 42.5 Å². The van der Waals surface area contributed by atoms with Gasteiger partial charge in [-0.2, -0.15) is 0 Å². The van der Waals surface area contributed by atoms with Crippen molar-refractivity contribution in [1.29, 1.82) is 0 Å². The molecular formula is C21H28F2N2O3Si. The molecule has 29 heavy (non-hydrogen) atoms. The van der Waals surface area contributed by atoms with Gasteiger partial charge in [-0.25, -0.2) is 8.78 Å². The smallest absolute Gasteiger partial charge is 0.275 e. The molecule has 0 heterocycles. The van der Waals surface area contributed by atoms with Gasteiger partial charge >= 0.3 is 0 Å². The quantitative estimate of drug-likeness (QED) is 0.285. The Morgan fingerprint density at radius 1 is 1.07 bits per heavy atom. The molecule has 1 N–H and O–H groups in total. The summed E-state index contributed by atoms with van der Waals surface area (Å²) in [7, 11) is -2.05. The summed E-state index contributed by atoms with van der Waals surface area (Å²) in [5.41, 5.74) is 0.999. The maximum atomic E-state index is 13.4. The van der Waals surface area contributed by atoms with Crippen LogP contribution in [0.5, 0.6) is 0 Å². The largest absolute Gasteiger partial charge is 0.408 e. The van der Waals surface area contributed by atoms with Crippen LogP contribution in [0.2, 0.25) is 18.1 Å². The van der Waals surface area contributed by atoms with Crippen molar-refractivity contribution in [2.45, 2.75) is 51.6 Å². The molecule has 0 aliphatic heterocycles. The van der Waals surface area contributed by atoms with Crippen molar-refractivity contribution in [2.75, 3.05) is 6.54 Å². The zero-order valence-electron chi connectivity index (χ0n) is 17.1. The minimum Gasteiger partial charge on any atom is -0.408 e. The van der Waals surface area contributed by atoms with Crippen molar-refractivity contribution >= 4 is 14.0 Å². The fourth-order valence-electron chi connectivity index (χ4n) is 3.50. The van der Waals surface area contributed by atoms with Gasteiger partial charge in [-0.15, -0.1) is 0 Å². The summed E-state index contributed by atoms with van der Waals surface area (Å²) in [6.45, 7) is 6.82. The minimum atomic E-state index is -2.05. The van der Waals surface area contributed by atoms with Crippen molar-refractivity contribution in [2.24, 2.45) is 0 Å². The van der Waals surface area contributed by atoms with E-state index in [1.165, 1.54) is 18.2 Å². The van der Waals surface area contributed by atoms with Crippen molar-refractivity contribution in [3.05, 3.63) is 75.3 Å². The zero-order chi connectivity index (χ0) is 21.4. The molecule has 0 saturated carbocycles. The highest BCUT2D eigenvalue weighted by atomic mass is 28.4. The number of hydrogen-bond donors (Lipinski definition) is 1. The highest BCUT2D eigenvalue weighted by molar-refractivity contribution is 6.73. The maximum absolute atomic E-state index is 13.4. The van der Waals surface area contributed by atoms with E-state index in [0.717, 1.165) is 24.2 Å². The molecular weight excluding hydrogens is 394 g/mol. The van der Waals surface area contributed by atoms with E-state index in [1.807, 2.05) is 0 Å². The van der Waals surface area contributed by atoms with Crippen LogP contribution in [0.3, 0.4) is 0 Å². The standard InChI is InChI=1S/C21H28F2N2O3Si/c1-4-29(5-2,6-3)28-21(19-9-7-8-10-20(19)25(26)27)15-24-14-16-11-17(22)13-18(23)12-16/h7-13,21,24H,4-6,14-15H2,1-3H3. The van der Waals surface area contributed by atoms with Gasteiger partial charge in [0.15, 0.2) is 8.32 Å². The molecule has 0 spiro atoms. The van der Waals surface area contributed by atoms with Crippen molar-refractivity contribution < 1.29 is 18.1 Å². The molecule has 8 heteroatoms. The molecule has 0 aromatic heterocycles. The van der Waals surface area contributed by atoms with E-state index in [9.17, 15) is 18.9 Å². The second-order valence-electron chi connectivity index (χ2n) is 7.07. The summed E-state index contributed by atoms with van der Waals surface area (Å²) >= 11 is 0. The number of nitrogens with zero attached hydrogens (tertiary/aromatic N) is 1. The first-order chi connectivity index (χ1) is 13.8. The summed E-state index contributed by atoms with van der Waals surface area (Å²) in [5.74, 6) is -1.27. The van der Waals surface area contributed by atoms with Gasteiger partial charge in [0.1, 0.15) is 11.6 Å². The van der Waals surface area contributed by atoms with Crippen LogP contribution in [0.4, 0.5) is 14.5 Å². The number of nitro groups is 1. The molecule has 0 saturated heterocycles. The van der Waals surface area contributed by atoms with E-state index in [4.69, 9.17) is 4.43 Å². The summed E-state index contributed by atoms with van der Waals surface area (Å²) < 4.78 is 33.4. The summed E-state index contributed by atoms with van der Waals surface area (Å²) in [6, 6.07) is 12.7. The Morgan fingerprint density at radius 2 is 1.66 bits per heavy atom. The molecule has 5 nitrogen and oxygen atoms in total. The van der Waals surface area contributed by atoms with Gasteiger partial charge in [-0.1, -0.05) is 32.9 Å². The van der Waals surface area contributed by atoms with E-state index in [0.29, 0.717) is 17.7 Å². The molecule has 1 atom stereocenters. The molecule has 0 aliphatic carbocycles. The first-order valence-electron chi connectivity index (χ1n) is 9.91. The van der Waals surface area contributed by atoms with Gasteiger partial charge in [0, 0.05) is 25.2 Å². The molecule has 1 unspecified atom stereocenters. The first kappa shape index (κ1) is 23.1. The highest BCUT2D eigenvalue weighted by Gasteiger charge is 2.34. The number of nitro benzene ring substituents is 1. The van der Waals surface area contributed by atoms with Crippen molar-refractivity contribution in [1.82, 2.24) is 5.32 Å². The lowest BCUT2D eigenvalue weighted by molar-refractivity contribution is -0.386. The lowest BCUT2D eigenvalue weighted by atomic mass is 10.1. The third-order valence-electron chi connectivity index (χ3n) is 5.39. The summed E-state index contributed by atoms with van der Waals surface area (Å²) in [4.78, 5) is 11.1. The number of hydrogen-bond acceptors (Lipinski definition) is 4. The SMILES string of the molecule is CC[Si](CC)(CC)OC(CNCc1cc(F)cc(F)c1)c1ccccc1[N+](=O)[O-].